The van der Waals surface area contributed by atoms with Gasteiger partial charge in [0.25, 0.3) is 5.56 Å². The predicted molar refractivity (Wildman–Crippen MR) is 114 cm³/mol. The van der Waals surface area contributed by atoms with Crippen LogP contribution in [-0.4, -0.2) is 30.5 Å². The van der Waals surface area contributed by atoms with Gasteiger partial charge in [0.2, 0.25) is 5.91 Å². The first kappa shape index (κ1) is 19.5. The van der Waals surface area contributed by atoms with Crippen molar-refractivity contribution < 1.29 is 4.79 Å². The van der Waals surface area contributed by atoms with E-state index in [9.17, 15) is 9.59 Å². The van der Waals surface area contributed by atoms with Gasteiger partial charge in [-0.2, -0.15) is 10.2 Å². The molecule has 4 rings (SSSR count). The molecule has 2 aromatic carbocycles. The van der Waals surface area contributed by atoms with Crippen LogP contribution in [0, 0.1) is 0 Å². The molecule has 1 atom stereocenters. The van der Waals surface area contributed by atoms with E-state index in [1.165, 1.54) is 11.0 Å². The summed E-state index contributed by atoms with van der Waals surface area (Å²) in [5.74, 6) is -0.723. The molecule has 0 aliphatic heterocycles. The summed E-state index contributed by atoms with van der Waals surface area (Å²) in [7, 11) is 0. The molecule has 0 saturated heterocycles. The van der Waals surface area contributed by atoms with E-state index in [0.29, 0.717) is 35.2 Å². The highest BCUT2D eigenvalue weighted by Gasteiger charge is 2.21. The summed E-state index contributed by atoms with van der Waals surface area (Å²) in [4.78, 5) is 29.5. The zero-order chi connectivity index (χ0) is 21.1. The molecular weight excluding hydrogens is 380 g/mol. The average Bonchev–Trinajstić information content (AvgIpc) is 3.27. The highest BCUT2D eigenvalue weighted by atomic mass is 16.2. The van der Waals surface area contributed by atoms with Crippen LogP contribution in [0.3, 0.4) is 0 Å². The quantitative estimate of drug-likeness (QED) is 0.535. The van der Waals surface area contributed by atoms with E-state index in [-0.39, 0.29) is 11.5 Å². The Morgan fingerprint density at radius 1 is 1.13 bits per heavy atom. The summed E-state index contributed by atoms with van der Waals surface area (Å²) in [5.41, 5.74) is 2.13. The summed E-state index contributed by atoms with van der Waals surface area (Å²) in [6.07, 6.45) is 3.13. The summed E-state index contributed by atoms with van der Waals surface area (Å²) < 4.78 is 3.12. The Kier molecular flexibility index (Phi) is 5.38. The molecule has 0 radical (unpaired) electrons. The maximum absolute atomic E-state index is 13.0. The lowest BCUT2D eigenvalue weighted by Crippen LogP contribution is -2.27. The van der Waals surface area contributed by atoms with Crippen molar-refractivity contribution >= 4 is 22.4 Å². The van der Waals surface area contributed by atoms with Crippen molar-refractivity contribution in [2.45, 2.75) is 32.9 Å². The van der Waals surface area contributed by atoms with Crippen molar-refractivity contribution in [1.29, 1.82) is 0 Å². The second kappa shape index (κ2) is 8.28. The van der Waals surface area contributed by atoms with Crippen LogP contribution >= 0.6 is 0 Å². The minimum atomic E-state index is -0.535. The summed E-state index contributed by atoms with van der Waals surface area (Å²) in [6, 6.07) is 14.9. The summed E-state index contributed by atoms with van der Waals surface area (Å²) >= 11 is 0. The Morgan fingerprint density at radius 3 is 2.67 bits per heavy atom. The summed E-state index contributed by atoms with van der Waals surface area (Å²) in [6.45, 7) is 4.66. The molecule has 0 saturated carbocycles. The summed E-state index contributed by atoms with van der Waals surface area (Å²) in [5, 5.41) is 12.8. The van der Waals surface area contributed by atoms with Gasteiger partial charge in [0.05, 0.1) is 23.5 Å². The number of amides is 1. The van der Waals surface area contributed by atoms with E-state index >= 15 is 0 Å². The van der Waals surface area contributed by atoms with Crippen LogP contribution < -0.4 is 10.9 Å². The predicted octanol–water partition coefficient (Wildman–Crippen LogP) is 2.80. The zero-order valence-electron chi connectivity index (χ0n) is 16.8. The molecule has 2 aromatic heterocycles. The van der Waals surface area contributed by atoms with E-state index in [2.05, 4.69) is 20.5 Å². The Bertz CT molecular complexity index is 1250. The molecule has 152 valence electrons. The van der Waals surface area contributed by atoms with Gasteiger partial charge in [0, 0.05) is 17.6 Å². The van der Waals surface area contributed by atoms with Crippen molar-refractivity contribution in [2.75, 3.05) is 5.32 Å². The first-order valence-electron chi connectivity index (χ1n) is 9.78. The minimum absolute atomic E-state index is 0.148. The van der Waals surface area contributed by atoms with Crippen LogP contribution in [0.4, 0.5) is 5.69 Å². The number of aryl methyl sites for hydroxylation is 1. The lowest BCUT2D eigenvalue weighted by atomic mass is 10.0. The third kappa shape index (κ3) is 3.84. The number of carbonyl (C=O) groups is 1. The molecule has 1 unspecified atom stereocenters. The molecular formula is C22H22N6O2. The molecule has 0 fully saturated rings. The van der Waals surface area contributed by atoms with Crippen LogP contribution in [0.5, 0.6) is 0 Å². The van der Waals surface area contributed by atoms with Crippen molar-refractivity contribution in [1.82, 2.24) is 24.5 Å². The van der Waals surface area contributed by atoms with Crippen LogP contribution in [-0.2, 0) is 17.9 Å². The molecule has 8 nitrogen and oxygen atoms in total. The van der Waals surface area contributed by atoms with Crippen molar-refractivity contribution in [3.05, 3.63) is 82.8 Å². The van der Waals surface area contributed by atoms with Gasteiger partial charge in [-0.25, -0.2) is 14.3 Å². The lowest BCUT2D eigenvalue weighted by Gasteiger charge is -2.16. The second-order valence-electron chi connectivity index (χ2n) is 7.06. The minimum Gasteiger partial charge on any atom is -0.326 e. The van der Waals surface area contributed by atoms with Crippen molar-refractivity contribution in [3.63, 3.8) is 0 Å². The Morgan fingerprint density at radius 2 is 1.93 bits per heavy atom. The van der Waals surface area contributed by atoms with Gasteiger partial charge in [-0.15, -0.1) is 0 Å². The van der Waals surface area contributed by atoms with E-state index in [1.807, 2.05) is 49.4 Å². The maximum Gasteiger partial charge on any atom is 0.274 e. The Labute approximate surface area is 173 Å². The highest BCUT2D eigenvalue weighted by molar-refractivity contribution is 5.98. The Hall–Kier alpha value is -3.81. The number of carbonyl (C=O) groups excluding carboxylic acids is 1. The number of nitrogens with one attached hydrogen (secondary N) is 1. The smallest absolute Gasteiger partial charge is 0.274 e. The number of nitrogens with zero attached hydrogens (tertiary/aromatic N) is 5. The molecule has 1 amide bonds. The second-order valence-corrected chi connectivity index (χ2v) is 7.06. The van der Waals surface area contributed by atoms with Gasteiger partial charge in [0.15, 0.2) is 0 Å². The number of hydrogen-bond acceptors (Lipinski definition) is 5. The number of benzene rings is 2. The first-order valence-corrected chi connectivity index (χ1v) is 9.78. The third-order valence-electron chi connectivity index (χ3n) is 5.00. The molecule has 0 bridgehead atoms. The largest absolute Gasteiger partial charge is 0.326 e. The standard InChI is InChI=1S/C22H22N6O2/c1-3-28-22(30)19-10-5-4-9-18(19)20(26-28)15(2)21(29)25-17-8-6-7-16(11-17)12-27-14-23-13-24-27/h4-11,13-15H,3,12H2,1-2H3,(H,25,29). The van der Waals surface area contributed by atoms with Gasteiger partial charge in [0.1, 0.15) is 12.7 Å². The fourth-order valence-corrected chi connectivity index (χ4v) is 3.42. The topological polar surface area (TPSA) is 94.7 Å². The number of fused-ring (bicyclic) bond motifs is 1. The van der Waals surface area contributed by atoms with Crippen molar-refractivity contribution in [3.8, 4) is 0 Å². The number of hydrogen-bond donors (Lipinski definition) is 1. The van der Waals surface area contributed by atoms with Gasteiger partial charge in [-0.05, 0) is 37.6 Å². The first-order chi connectivity index (χ1) is 14.6. The lowest BCUT2D eigenvalue weighted by molar-refractivity contribution is -0.117. The number of aromatic nitrogens is 5. The fourth-order valence-electron chi connectivity index (χ4n) is 3.42. The van der Waals surface area contributed by atoms with E-state index < -0.39 is 5.92 Å². The van der Waals surface area contributed by atoms with Crippen LogP contribution in [0.25, 0.3) is 10.8 Å². The molecule has 0 spiro atoms. The van der Waals surface area contributed by atoms with Gasteiger partial charge < -0.3 is 5.32 Å². The fraction of sp³-hybridized carbons (Fsp3) is 0.227. The molecule has 2 heterocycles. The SMILES string of the molecule is CCn1nc(C(C)C(=O)Nc2cccc(Cn3cncn3)c2)c2ccccc2c1=O. The third-order valence-corrected chi connectivity index (χ3v) is 5.00. The molecule has 1 N–H and O–H groups in total. The van der Waals surface area contributed by atoms with E-state index in [0.717, 1.165) is 5.56 Å². The van der Waals surface area contributed by atoms with Crippen LogP contribution in [0.1, 0.15) is 31.0 Å². The van der Waals surface area contributed by atoms with E-state index in [4.69, 9.17) is 0 Å². The van der Waals surface area contributed by atoms with E-state index in [1.54, 1.807) is 24.0 Å². The van der Waals surface area contributed by atoms with Gasteiger partial charge in [-0.1, -0.05) is 30.3 Å². The molecule has 0 aliphatic carbocycles. The molecule has 8 heteroatoms. The molecule has 4 aromatic rings. The highest BCUT2D eigenvalue weighted by Crippen LogP contribution is 2.23. The number of rotatable bonds is 6. The average molecular weight is 402 g/mol. The normalized spacial score (nSPS) is 12.1. The van der Waals surface area contributed by atoms with Gasteiger partial charge >= 0.3 is 0 Å². The van der Waals surface area contributed by atoms with Crippen molar-refractivity contribution in [2.24, 2.45) is 0 Å². The van der Waals surface area contributed by atoms with Gasteiger partial charge in [-0.3, -0.25) is 9.59 Å². The zero-order valence-corrected chi connectivity index (χ0v) is 16.8. The van der Waals surface area contributed by atoms with Crippen LogP contribution in [0.15, 0.2) is 66.0 Å². The monoisotopic (exact) mass is 402 g/mol. The Balaban J connectivity index is 1.60. The molecule has 30 heavy (non-hydrogen) atoms. The van der Waals surface area contributed by atoms with Crippen LogP contribution in [0.2, 0.25) is 0 Å². The number of anilines is 1. The maximum atomic E-state index is 13.0. The molecule has 0 aliphatic rings.